The molecular weight excluding hydrogens is 262 g/mol. The number of benzene rings is 1. The van der Waals surface area contributed by atoms with Gasteiger partial charge in [-0.05, 0) is 36.2 Å². The summed E-state index contributed by atoms with van der Waals surface area (Å²) in [4.78, 5) is 16.5. The normalized spacial score (nSPS) is 10.8. The summed E-state index contributed by atoms with van der Waals surface area (Å²) < 4.78 is 1.95. The zero-order valence-corrected chi connectivity index (χ0v) is 12.1. The summed E-state index contributed by atoms with van der Waals surface area (Å²) in [5, 5.41) is 4.09. The van der Waals surface area contributed by atoms with Gasteiger partial charge in [0.05, 0.1) is 0 Å². The third-order valence-electron chi connectivity index (χ3n) is 3.78. The summed E-state index contributed by atoms with van der Waals surface area (Å²) in [7, 11) is 1.93. The van der Waals surface area contributed by atoms with Crippen molar-refractivity contribution in [3.8, 4) is 0 Å². The molecule has 0 aliphatic rings. The highest BCUT2D eigenvalue weighted by Gasteiger charge is 2.17. The second kappa shape index (κ2) is 5.40. The second-order valence-corrected chi connectivity index (χ2v) is 5.09. The Kier molecular flexibility index (Phi) is 3.44. The molecule has 21 heavy (non-hydrogen) atoms. The Morgan fingerprint density at radius 1 is 1.19 bits per heavy atom. The van der Waals surface area contributed by atoms with Gasteiger partial charge in [0.1, 0.15) is 5.69 Å². The van der Waals surface area contributed by atoms with Crippen molar-refractivity contribution in [2.24, 2.45) is 7.05 Å². The van der Waals surface area contributed by atoms with E-state index in [2.05, 4.69) is 10.3 Å². The van der Waals surface area contributed by atoms with Gasteiger partial charge >= 0.3 is 0 Å². The molecule has 0 unspecified atom stereocenters. The molecule has 3 aromatic rings. The van der Waals surface area contributed by atoms with Crippen LogP contribution in [0.1, 0.15) is 21.6 Å². The highest BCUT2D eigenvalue weighted by molar-refractivity contribution is 6.01. The van der Waals surface area contributed by atoms with Gasteiger partial charge in [0.15, 0.2) is 0 Å². The quantitative estimate of drug-likeness (QED) is 0.801. The second-order valence-electron chi connectivity index (χ2n) is 5.09. The maximum atomic E-state index is 12.5. The number of aromatic nitrogens is 2. The number of fused-ring (bicyclic) bond motifs is 1. The zero-order valence-electron chi connectivity index (χ0n) is 12.1. The average Bonchev–Trinajstić information content (AvgIpc) is 2.78. The Bertz CT molecular complexity index is 751. The van der Waals surface area contributed by atoms with Crippen LogP contribution in [0.3, 0.4) is 0 Å². The monoisotopic (exact) mass is 279 g/mol. The van der Waals surface area contributed by atoms with E-state index in [1.807, 2.05) is 54.9 Å². The van der Waals surface area contributed by atoms with E-state index in [-0.39, 0.29) is 5.91 Å². The molecule has 1 aromatic carbocycles. The van der Waals surface area contributed by atoms with Gasteiger partial charge in [0, 0.05) is 36.9 Å². The first kappa shape index (κ1) is 13.4. The fourth-order valence-electron chi connectivity index (χ4n) is 2.67. The first-order valence-electron chi connectivity index (χ1n) is 6.89. The summed E-state index contributed by atoms with van der Waals surface area (Å²) in [5.74, 6) is -0.0528. The van der Waals surface area contributed by atoms with Crippen molar-refractivity contribution >= 4 is 16.8 Å². The molecular formula is C17H17N3O. The van der Waals surface area contributed by atoms with Gasteiger partial charge < -0.3 is 9.88 Å². The Hall–Kier alpha value is -2.62. The highest BCUT2D eigenvalue weighted by Crippen LogP contribution is 2.24. The minimum atomic E-state index is -0.0528. The largest absolute Gasteiger partial charge is 0.347 e. The van der Waals surface area contributed by atoms with Gasteiger partial charge in [-0.2, -0.15) is 0 Å². The van der Waals surface area contributed by atoms with Gasteiger partial charge in [-0.3, -0.25) is 9.78 Å². The van der Waals surface area contributed by atoms with Crippen LogP contribution in [0.25, 0.3) is 10.9 Å². The van der Waals surface area contributed by atoms with Crippen molar-refractivity contribution in [2.75, 3.05) is 0 Å². The third kappa shape index (κ3) is 2.40. The Morgan fingerprint density at radius 2 is 1.90 bits per heavy atom. The van der Waals surface area contributed by atoms with Crippen LogP contribution in [-0.2, 0) is 13.6 Å². The number of carbonyl (C=O) groups excluding carboxylic acids is 1. The van der Waals surface area contributed by atoms with Gasteiger partial charge in [-0.25, -0.2) is 0 Å². The lowest BCUT2D eigenvalue weighted by Crippen LogP contribution is -2.25. The van der Waals surface area contributed by atoms with Crippen LogP contribution in [0.2, 0.25) is 0 Å². The van der Waals surface area contributed by atoms with Crippen LogP contribution in [-0.4, -0.2) is 15.5 Å². The lowest BCUT2D eigenvalue weighted by atomic mass is 10.1. The predicted molar refractivity (Wildman–Crippen MR) is 83.1 cm³/mol. The Labute approximate surface area is 123 Å². The minimum Gasteiger partial charge on any atom is -0.347 e. The van der Waals surface area contributed by atoms with Crippen molar-refractivity contribution in [3.63, 3.8) is 0 Å². The highest BCUT2D eigenvalue weighted by atomic mass is 16.1. The number of carbonyl (C=O) groups is 1. The molecule has 1 N–H and O–H groups in total. The summed E-state index contributed by atoms with van der Waals surface area (Å²) >= 11 is 0. The van der Waals surface area contributed by atoms with Crippen molar-refractivity contribution in [3.05, 3.63) is 65.6 Å². The molecule has 0 radical (unpaired) electrons. The molecule has 4 heteroatoms. The number of amides is 1. The van der Waals surface area contributed by atoms with Crippen LogP contribution in [0.5, 0.6) is 0 Å². The smallest absolute Gasteiger partial charge is 0.268 e. The molecule has 0 aliphatic carbocycles. The molecule has 4 nitrogen and oxygen atoms in total. The van der Waals surface area contributed by atoms with Crippen LogP contribution in [0, 0.1) is 6.92 Å². The topological polar surface area (TPSA) is 46.9 Å². The number of hydrogen-bond donors (Lipinski definition) is 1. The lowest BCUT2D eigenvalue weighted by Gasteiger charge is -2.07. The third-order valence-corrected chi connectivity index (χ3v) is 3.78. The predicted octanol–water partition coefficient (Wildman–Crippen LogP) is 2.81. The van der Waals surface area contributed by atoms with E-state index in [1.165, 1.54) is 0 Å². The number of hydrogen-bond acceptors (Lipinski definition) is 2. The van der Waals surface area contributed by atoms with E-state index in [4.69, 9.17) is 0 Å². The summed E-state index contributed by atoms with van der Waals surface area (Å²) in [5.41, 5.74) is 3.84. The maximum Gasteiger partial charge on any atom is 0.268 e. The summed E-state index contributed by atoms with van der Waals surface area (Å²) in [6, 6.07) is 11.9. The van der Waals surface area contributed by atoms with Crippen LogP contribution < -0.4 is 5.32 Å². The fourth-order valence-corrected chi connectivity index (χ4v) is 2.67. The number of nitrogens with one attached hydrogen (secondary N) is 1. The maximum absolute atomic E-state index is 12.5. The van der Waals surface area contributed by atoms with Gasteiger partial charge in [0.2, 0.25) is 0 Å². The van der Waals surface area contributed by atoms with E-state index in [9.17, 15) is 4.79 Å². The Morgan fingerprint density at radius 3 is 2.62 bits per heavy atom. The van der Waals surface area contributed by atoms with E-state index in [0.717, 1.165) is 22.0 Å². The first-order valence-corrected chi connectivity index (χ1v) is 6.89. The average molecular weight is 279 g/mol. The molecule has 0 aliphatic heterocycles. The first-order chi connectivity index (χ1) is 10.2. The molecule has 0 atom stereocenters. The van der Waals surface area contributed by atoms with Crippen molar-refractivity contribution in [2.45, 2.75) is 13.5 Å². The molecule has 3 rings (SSSR count). The molecule has 2 aromatic heterocycles. The Balaban J connectivity index is 1.88. The van der Waals surface area contributed by atoms with E-state index in [1.54, 1.807) is 12.4 Å². The minimum absolute atomic E-state index is 0.0528. The van der Waals surface area contributed by atoms with Gasteiger partial charge in [-0.15, -0.1) is 0 Å². The van der Waals surface area contributed by atoms with Crippen LogP contribution in [0.4, 0.5) is 0 Å². The number of nitrogens with zero attached hydrogens (tertiary/aromatic N) is 2. The van der Waals surface area contributed by atoms with Crippen molar-refractivity contribution < 1.29 is 4.79 Å². The van der Waals surface area contributed by atoms with Gasteiger partial charge in [-0.1, -0.05) is 18.2 Å². The van der Waals surface area contributed by atoms with Crippen molar-refractivity contribution in [1.82, 2.24) is 14.9 Å². The van der Waals surface area contributed by atoms with E-state index in [0.29, 0.717) is 12.2 Å². The SMILES string of the molecule is Cc1c(C(=O)NCc2ccncc2)n(C)c2ccccc12. The molecule has 2 heterocycles. The molecule has 0 saturated carbocycles. The number of para-hydroxylation sites is 1. The zero-order chi connectivity index (χ0) is 14.8. The molecule has 0 fully saturated rings. The number of rotatable bonds is 3. The summed E-state index contributed by atoms with van der Waals surface area (Å²) in [6.45, 7) is 2.49. The number of aryl methyl sites for hydroxylation is 2. The van der Waals surface area contributed by atoms with Crippen LogP contribution in [0.15, 0.2) is 48.8 Å². The molecule has 0 bridgehead atoms. The van der Waals surface area contributed by atoms with Crippen molar-refractivity contribution in [1.29, 1.82) is 0 Å². The number of pyridine rings is 1. The molecule has 0 spiro atoms. The molecule has 1 amide bonds. The van der Waals surface area contributed by atoms with Crippen LogP contribution >= 0.6 is 0 Å². The fraction of sp³-hybridized carbons (Fsp3) is 0.176. The summed E-state index contributed by atoms with van der Waals surface area (Å²) in [6.07, 6.45) is 3.45. The van der Waals surface area contributed by atoms with Gasteiger partial charge in [0.25, 0.3) is 5.91 Å². The van der Waals surface area contributed by atoms with E-state index >= 15 is 0 Å². The standard InChI is InChI=1S/C17H17N3O/c1-12-14-5-3-4-6-15(14)20(2)16(12)17(21)19-11-13-7-9-18-10-8-13/h3-10H,11H2,1-2H3,(H,19,21). The lowest BCUT2D eigenvalue weighted by molar-refractivity contribution is 0.0942. The van der Waals surface area contributed by atoms with E-state index < -0.39 is 0 Å². The molecule has 106 valence electrons. The molecule has 0 saturated heterocycles.